The van der Waals surface area contributed by atoms with Gasteiger partial charge in [-0.1, -0.05) is 15.9 Å². The molecule has 0 aromatic heterocycles. The second-order valence-electron chi connectivity index (χ2n) is 3.84. The first-order valence-electron chi connectivity index (χ1n) is 5.26. The largest absolute Gasteiger partial charge is 0.508 e. The summed E-state index contributed by atoms with van der Waals surface area (Å²) in [7, 11) is -4.14. The van der Waals surface area contributed by atoms with E-state index in [1.807, 2.05) is 4.72 Å². The standard InChI is InChI=1S/C12H8BrF2NO3S/c13-7-5-10(14)12(11(15)6-7)16-20(18,19)9-3-1-8(17)2-4-9/h1-6,16-17H. The highest BCUT2D eigenvalue weighted by Gasteiger charge is 2.19. The molecule has 0 amide bonds. The van der Waals surface area contributed by atoms with Crippen molar-refractivity contribution in [2.24, 2.45) is 0 Å². The molecule has 106 valence electrons. The molecule has 0 unspecified atom stereocenters. The zero-order valence-corrected chi connectivity index (χ0v) is 12.2. The van der Waals surface area contributed by atoms with Crippen molar-refractivity contribution < 1.29 is 22.3 Å². The normalized spacial score (nSPS) is 11.3. The highest BCUT2D eigenvalue weighted by molar-refractivity contribution is 9.10. The van der Waals surface area contributed by atoms with Gasteiger partial charge in [0.25, 0.3) is 10.0 Å². The maximum absolute atomic E-state index is 13.6. The molecule has 20 heavy (non-hydrogen) atoms. The summed E-state index contributed by atoms with van der Waals surface area (Å²) in [6.45, 7) is 0. The molecule has 8 heteroatoms. The van der Waals surface area contributed by atoms with E-state index < -0.39 is 27.3 Å². The number of phenols is 1. The van der Waals surface area contributed by atoms with Crippen molar-refractivity contribution in [3.05, 3.63) is 52.5 Å². The maximum atomic E-state index is 13.6. The predicted molar refractivity (Wildman–Crippen MR) is 73.0 cm³/mol. The summed E-state index contributed by atoms with van der Waals surface area (Å²) in [5.41, 5.74) is -0.763. The Kier molecular flexibility index (Phi) is 3.96. The van der Waals surface area contributed by atoms with Gasteiger partial charge < -0.3 is 5.11 Å². The number of benzene rings is 2. The zero-order chi connectivity index (χ0) is 14.9. The first-order chi connectivity index (χ1) is 9.29. The van der Waals surface area contributed by atoms with E-state index in [1.54, 1.807) is 0 Å². The van der Waals surface area contributed by atoms with Crippen molar-refractivity contribution >= 4 is 31.6 Å². The molecule has 0 atom stereocenters. The average molecular weight is 364 g/mol. The Balaban J connectivity index is 2.41. The molecule has 0 spiro atoms. The average Bonchev–Trinajstić information content (AvgIpc) is 2.34. The lowest BCUT2D eigenvalue weighted by molar-refractivity contribution is 0.475. The van der Waals surface area contributed by atoms with Crippen LogP contribution in [0.1, 0.15) is 0 Å². The summed E-state index contributed by atoms with van der Waals surface area (Å²) < 4.78 is 53.1. The molecule has 2 aromatic rings. The highest BCUT2D eigenvalue weighted by atomic mass is 79.9. The van der Waals surface area contributed by atoms with Gasteiger partial charge in [0.05, 0.1) is 4.90 Å². The van der Waals surface area contributed by atoms with E-state index in [1.165, 1.54) is 0 Å². The summed E-state index contributed by atoms with van der Waals surface area (Å²) in [4.78, 5) is -0.225. The van der Waals surface area contributed by atoms with Crippen LogP contribution < -0.4 is 4.72 Å². The molecule has 0 saturated heterocycles. The minimum atomic E-state index is -4.14. The van der Waals surface area contributed by atoms with Crippen molar-refractivity contribution in [3.8, 4) is 5.75 Å². The number of sulfonamides is 1. The van der Waals surface area contributed by atoms with Crippen LogP contribution in [0, 0.1) is 11.6 Å². The fourth-order valence-corrected chi connectivity index (χ4v) is 2.94. The molecule has 0 fully saturated rings. The molecular formula is C12H8BrF2NO3S. The van der Waals surface area contributed by atoms with Gasteiger partial charge in [-0.3, -0.25) is 4.72 Å². The number of hydrogen-bond acceptors (Lipinski definition) is 3. The van der Waals surface area contributed by atoms with Crippen molar-refractivity contribution in [2.45, 2.75) is 4.90 Å². The molecule has 2 aromatic carbocycles. The number of phenolic OH excluding ortho intramolecular Hbond substituents is 1. The van der Waals surface area contributed by atoms with Crippen molar-refractivity contribution in [3.63, 3.8) is 0 Å². The number of anilines is 1. The van der Waals surface area contributed by atoms with Crippen LogP contribution in [0.5, 0.6) is 5.75 Å². The highest BCUT2D eigenvalue weighted by Crippen LogP contribution is 2.26. The Bertz CT molecular complexity index is 725. The Morgan fingerprint density at radius 2 is 1.55 bits per heavy atom. The minimum absolute atomic E-state index is 0.120. The molecule has 0 aliphatic carbocycles. The first-order valence-corrected chi connectivity index (χ1v) is 7.53. The van der Waals surface area contributed by atoms with Crippen LogP contribution in [0.3, 0.4) is 0 Å². The second kappa shape index (κ2) is 5.37. The summed E-state index contributed by atoms with van der Waals surface area (Å²) in [5.74, 6) is -2.21. The quantitative estimate of drug-likeness (QED) is 0.879. The van der Waals surface area contributed by atoms with Crippen molar-refractivity contribution in [1.82, 2.24) is 0 Å². The van der Waals surface area contributed by atoms with Crippen LogP contribution in [0.2, 0.25) is 0 Å². The molecule has 4 nitrogen and oxygen atoms in total. The summed E-state index contributed by atoms with van der Waals surface area (Å²) >= 11 is 2.89. The third-order valence-electron chi connectivity index (χ3n) is 2.39. The Morgan fingerprint density at radius 1 is 1.05 bits per heavy atom. The SMILES string of the molecule is O=S(=O)(Nc1c(F)cc(Br)cc1F)c1ccc(O)cc1. The van der Waals surface area contributed by atoms with Crippen molar-refractivity contribution in [2.75, 3.05) is 4.72 Å². The van der Waals surface area contributed by atoms with Gasteiger partial charge in [-0.2, -0.15) is 0 Å². The van der Waals surface area contributed by atoms with E-state index in [9.17, 15) is 17.2 Å². The van der Waals surface area contributed by atoms with Crippen LogP contribution in [-0.4, -0.2) is 13.5 Å². The van der Waals surface area contributed by atoms with Gasteiger partial charge in [0.1, 0.15) is 11.4 Å². The van der Waals surface area contributed by atoms with Gasteiger partial charge in [0, 0.05) is 4.47 Å². The third-order valence-corrected chi connectivity index (χ3v) is 4.21. The lowest BCUT2D eigenvalue weighted by Crippen LogP contribution is -2.15. The van der Waals surface area contributed by atoms with E-state index in [-0.39, 0.29) is 15.1 Å². The van der Waals surface area contributed by atoms with E-state index in [2.05, 4.69) is 15.9 Å². The monoisotopic (exact) mass is 363 g/mol. The molecule has 0 radical (unpaired) electrons. The Hall–Kier alpha value is -1.67. The number of hydrogen-bond donors (Lipinski definition) is 2. The van der Waals surface area contributed by atoms with E-state index in [0.717, 1.165) is 36.4 Å². The van der Waals surface area contributed by atoms with Gasteiger partial charge in [-0.25, -0.2) is 17.2 Å². The molecule has 0 heterocycles. The summed E-state index contributed by atoms with van der Waals surface area (Å²) in [6, 6.07) is 6.43. The molecule has 0 saturated carbocycles. The number of nitrogens with one attached hydrogen (secondary N) is 1. The third kappa shape index (κ3) is 3.07. The maximum Gasteiger partial charge on any atom is 0.262 e. The van der Waals surface area contributed by atoms with Crippen LogP contribution >= 0.6 is 15.9 Å². The molecule has 0 bridgehead atoms. The van der Waals surface area contributed by atoms with Gasteiger partial charge in [-0.15, -0.1) is 0 Å². The number of aromatic hydroxyl groups is 1. The summed E-state index contributed by atoms with van der Waals surface area (Å²) in [5, 5.41) is 9.09. The Morgan fingerprint density at radius 3 is 2.05 bits per heavy atom. The molecule has 2 rings (SSSR count). The van der Waals surface area contributed by atoms with Gasteiger partial charge >= 0.3 is 0 Å². The smallest absolute Gasteiger partial charge is 0.262 e. The lowest BCUT2D eigenvalue weighted by Gasteiger charge is -2.10. The van der Waals surface area contributed by atoms with Gasteiger partial charge in [-0.05, 0) is 36.4 Å². The minimum Gasteiger partial charge on any atom is -0.508 e. The second-order valence-corrected chi connectivity index (χ2v) is 6.44. The molecule has 0 aliphatic rings. The fourth-order valence-electron chi connectivity index (χ4n) is 1.46. The molecule has 2 N–H and O–H groups in total. The van der Waals surface area contributed by atoms with E-state index in [4.69, 9.17) is 5.11 Å². The van der Waals surface area contributed by atoms with Crippen LogP contribution in [0.4, 0.5) is 14.5 Å². The summed E-state index contributed by atoms with van der Waals surface area (Å²) in [6.07, 6.45) is 0. The van der Waals surface area contributed by atoms with Crippen molar-refractivity contribution in [1.29, 1.82) is 0 Å². The van der Waals surface area contributed by atoms with E-state index in [0.29, 0.717) is 0 Å². The van der Waals surface area contributed by atoms with E-state index >= 15 is 0 Å². The van der Waals surface area contributed by atoms with Gasteiger partial charge in [0.2, 0.25) is 0 Å². The molecule has 0 aliphatic heterocycles. The topological polar surface area (TPSA) is 66.4 Å². The van der Waals surface area contributed by atoms with Crippen LogP contribution in [0.25, 0.3) is 0 Å². The Labute approximate surface area is 122 Å². The van der Waals surface area contributed by atoms with Crippen LogP contribution in [-0.2, 0) is 10.0 Å². The zero-order valence-electron chi connectivity index (χ0n) is 9.77. The number of halogens is 3. The lowest BCUT2D eigenvalue weighted by atomic mass is 10.3. The fraction of sp³-hybridized carbons (Fsp3) is 0. The first kappa shape index (κ1) is 14.7. The predicted octanol–water partition coefficient (Wildman–Crippen LogP) is 3.23. The van der Waals surface area contributed by atoms with Crippen LogP contribution in [0.15, 0.2) is 45.8 Å². The molecular weight excluding hydrogens is 356 g/mol. The number of rotatable bonds is 3. The van der Waals surface area contributed by atoms with Gasteiger partial charge in [0.15, 0.2) is 11.6 Å².